The van der Waals surface area contributed by atoms with E-state index in [1.165, 1.54) is 11.3 Å². The molecule has 0 spiro atoms. The number of aryl methyl sites for hydroxylation is 1. The van der Waals surface area contributed by atoms with Crippen LogP contribution in [0.1, 0.15) is 16.7 Å². The largest absolute Gasteiger partial charge is 0.283 e. The van der Waals surface area contributed by atoms with E-state index in [-0.39, 0.29) is 12.3 Å². The standard InChI is InChI=1S/C22H17Cl2N3OS/c1-14-17(23)8-9-19-21(14)26-22(29-19)27(13-15-5-4-10-25-12-15)20(28)11-16-6-2-3-7-18(16)24/h2-10,12H,11,13H2,1H3. The number of benzene rings is 2. The van der Waals surface area contributed by atoms with Crippen LogP contribution in [0.25, 0.3) is 10.2 Å². The van der Waals surface area contributed by atoms with E-state index < -0.39 is 0 Å². The van der Waals surface area contributed by atoms with Gasteiger partial charge in [-0.3, -0.25) is 14.7 Å². The average molecular weight is 442 g/mol. The van der Waals surface area contributed by atoms with Crippen LogP contribution in [-0.4, -0.2) is 15.9 Å². The van der Waals surface area contributed by atoms with Crippen LogP contribution >= 0.6 is 34.5 Å². The van der Waals surface area contributed by atoms with Crippen LogP contribution in [0.4, 0.5) is 5.13 Å². The van der Waals surface area contributed by atoms with Crippen molar-refractivity contribution in [3.05, 3.63) is 87.7 Å². The highest BCUT2D eigenvalue weighted by Crippen LogP contribution is 2.34. The van der Waals surface area contributed by atoms with Crippen molar-refractivity contribution < 1.29 is 4.79 Å². The van der Waals surface area contributed by atoms with Gasteiger partial charge in [-0.05, 0) is 47.9 Å². The van der Waals surface area contributed by atoms with Gasteiger partial charge in [-0.15, -0.1) is 0 Å². The normalized spacial score (nSPS) is 11.0. The Balaban J connectivity index is 1.73. The van der Waals surface area contributed by atoms with Crippen molar-refractivity contribution in [1.29, 1.82) is 0 Å². The van der Waals surface area contributed by atoms with Crippen LogP contribution in [0.2, 0.25) is 10.0 Å². The Morgan fingerprint density at radius 1 is 1.07 bits per heavy atom. The number of nitrogens with zero attached hydrogens (tertiary/aromatic N) is 3. The minimum absolute atomic E-state index is 0.0789. The third-order valence-corrected chi connectivity index (χ3v) is 6.45. The van der Waals surface area contributed by atoms with Crippen molar-refractivity contribution in [3.8, 4) is 0 Å². The van der Waals surface area contributed by atoms with Crippen molar-refractivity contribution in [2.75, 3.05) is 4.90 Å². The Hall–Kier alpha value is -2.47. The summed E-state index contributed by atoms with van der Waals surface area (Å²) >= 11 is 14.0. The van der Waals surface area contributed by atoms with Gasteiger partial charge in [0.25, 0.3) is 0 Å². The molecule has 0 saturated heterocycles. The van der Waals surface area contributed by atoms with Crippen LogP contribution < -0.4 is 4.90 Å². The van der Waals surface area contributed by atoms with Crippen molar-refractivity contribution in [1.82, 2.24) is 9.97 Å². The molecule has 0 aliphatic rings. The summed E-state index contributed by atoms with van der Waals surface area (Å²) in [5.74, 6) is -0.0789. The van der Waals surface area contributed by atoms with Gasteiger partial charge in [0, 0.05) is 22.4 Å². The molecule has 146 valence electrons. The van der Waals surface area contributed by atoms with E-state index in [0.29, 0.717) is 21.7 Å². The monoisotopic (exact) mass is 441 g/mol. The minimum atomic E-state index is -0.0789. The van der Waals surface area contributed by atoms with Gasteiger partial charge >= 0.3 is 0 Å². The molecule has 7 heteroatoms. The SMILES string of the molecule is Cc1c(Cl)ccc2sc(N(Cc3cccnc3)C(=O)Cc3ccccc3Cl)nc12. The van der Waals surface area contributed by atoms with Gasteiger partial charge < -0.3 is 0 Å². The van der Waals surface area contributed by atoms with Crippen LogP contribution in [0.15, 0.2) is 60.9 Å². The van der Waals surface area contributed by atoms with Gasteiger partial charge in [0.05, 0.1) is 23.2 Å². The van der Waals surface area contributed by atoms with Crippen molar-refractivity contribution in [2.45, 2.75) is 19.9 Å². The summed E-state index contributed by atoms with van der Waals surface area (Å²) in [4.78, 5) is 23.9. The van der Waals surface area contributed by atoms with Gasteiger partial charge in [0.15, 0.2) is 5.13 Å². The first-order valence-electron chi connectivity index (χ1n) is 9.01. The third kappa shape index (κ3) is 4.27. The van der Waals surface area contributed by atoms with E-state index in [1.807, 2.05) is 49.4 Å². The number of anilines is 1. The molecule has 2 aromatic heterocycles. The van der Waals surface area contributed by atoms with Gasteiger partial charge in [0.1, 0.15) is 0 Å². The fraction of sp³-hybridized carbons (Fsp3) is 0.136. The van der Waals surface area contributed by atoms with Crippen LogP contribution in [0.3, 0.4) is 0 Å². The Bertz CT molecular complexity index is 1180. The van der Waals surface area contributed by atoms with Crippen LogP contribution in [-0.2, 0) is 17.8 Å². The molecule has 2 heterocycles. The molecular formula is C22H17Cl2N3OS. The van der Waals surface area contributed by atoms with Crippen molar-refractivity contribution >= 4 is 55.8 Å². The smallest absolute Gasteiger partial charge is 0.233 e. The van der Waals surface area contributed by atoms with Crippen LogP contribution in [0.5, 0.6) is 0 Å². The molecule has 2 aromatic carbocycles. The second-order valence-corrected chi connectivity index (χ2v) is 8.45. The summed E-state index contributed by atoms with van der Waals surface area (Å²) in [5, 5.41) is 1.87. The lowest BCUT2D eigenvalue weighted by atomic mass is 10.1. The molecular weight excluding hydrogens is 425 g/mol. The molecule has 4 rings (SSSR count). The van der Waals surface area contributed by atoms with Gasteiger partial charge in [-0.25, -0.2) is 4.98 Å². The lowest BCUT2D eigenvalue weighted by molar-refractivity contribution is -0.118. The average Bonchev–Trinajstić information content (AvgIpc) is 3.16. The summed E-state index contributed by atoms with van der Waals surface area (Å²) in [7, 11) is 0. The molecule has 0 fully saturated rings. The summed E-state index contributed by atoms with van der Waals surface area (Å²) in [5.41, 5.74) is 3.44. The maximum Gasteiger partial charge on any atom is 0.233 e. The zero-order chi connectivity index (χ0) is 20.4. The molecule has 0 atom stereocenters. The number of aromatic nitrogens is 2. The summed E-state index contributed by atoms with van der Waals surface area (Å²) in [6.45, 7) is 2.31. The molecule has 29 heavy (non-hydrogen) atoms. The molecule has 4 nitrogen and oxygen atoms in total. The maximum absolute atomic E-state index is 13.3. The number of rotatable bonds is 5. The number of pyridine rings is 1. The second kappa shape index (κ2) is 8.49. The zero-order valence-corrected chi connectivity index (χ0v) is 17.9. The highest BCUT2D eigenvalue weighted by Gasteiger charge is 2.22. The molecule has 0 aliphatic heterocycles. The molecule has 0 saturated carbocycles. The number of carbonyl (C=O) groups excluding carboxylic acids is 1. The molecule has 0 radical (unpaired) electrons. The van der Waals surface area contributed by atoms with Crippen molar-refractivity contribution in [2.24, 2.45) is 0 Å². The summed E-state index contributed by atoms with van der Waals surface area (Å²) < 4.78 is 0.989. The lowest BCUT2D eigenvalue weighted by Gasteiger charge is -2.20. The number of halogens is 2. The predicted molar refractivity (Wildman–Crippen MR) is 120 cm³/mol. The predicted octanol–water partition coefficient (Wildman–Crippen LogP) is 6.08. The van der Waals surface area contributed by atoms with Gasteiger partial charge in [-0.2, -0.15) is 0 Å². The van der Waals surface area contributed by atoms with E-state index in [0.717, 1.165) is 26.9 Å². The third-order valence-electron chi connectivity index (χ3n) is 4.63. The number of hydrogen-bond donors (Lipinski definition) is 0. The zero-order valence-electron chi connectivity index (χ0n) is 15.6. The Morgan fingerprint density at radius 2 is 1.90 bits per heavy atom. The van der Waals surface area contributed by atoms with Gasteiger partial charge in [-0.1, -0.05) is 58.8 Å². The first-order chi connectivity index (χ1) is 14.0. The lowest BCUT2D eigenvalue weighted by Crippen LogP contribution is -2.31. The number of carbonyl (C=O) groups is 1. The first kappa shape index (κ1) is 19.8. The fourth-order valence-electron chi connectivity index (χ4n) is 3.04. The molecule has 0 N–H and O–H groups in total. The summed E-state index contributed by atoms with van der Waals surface area (Å²) in [6.07, 6.45) is 3.66. The number of amides is 1. The minimum Gasteiger partial charge on any atom is -0.283 e. The Labute approximate surface area is 182 Å². The first-order valence-corrected chi connectivity index (χ1v) is 10.6. The second-order valence-electron chi connectivity index (χ2n) is 6.62. The summed E-state index contributed by atoms with van der Waals surface area (Å²) in [6, 6.07) is 15.0. The molecule has 0 unspecified atom stereocenters. The molecule has 4 aromatic rings. The molecule has 0 aliphatic carbocycles. The fourth-order valence-corrected chi connectivity index (χ4v) is 4.44. The van der Waals surface area contributed by atoms with E-state index >= 15 is 0 Å². The number of thiazole rings is 1. The maximum atomic E-state index is 13.3. The van der Waals surface area contributed by atoms with E-state index in [4.69, 9.17) is 28.2 Å². The van der Waals surface area contributed by atoms with Crippen LogP contribution in [0, 0.1) is 6.92 Å². The van der Waals surface area contributed by atoms with Gasteiger partial charge in [0.2, 0.25) is 5.91 Å². The quantitative estimate of drug-likeness (QED) is 0.376. The Morgan fingerprint density at radius 3 is 2.66 bits per heavy atom. The topological polar surface area (TPSA) is 46.1 Å². The van der Waals surface area contributed by atoms with E-state index in [1.54, 1.807) is 23.4 Å². The van der Waals surface area contributed by atoms with E-state index in [2.05, 4.69) is 4.98 Å². The molecule has 1 amide bonds. The number of hydrogen-bond acceptors (Lipinski definition) is 4. The highest BCUT2D eigenvalue weighted by molar-refractivity contribution is 7.22. The number of fused-ring (bicyclic) bond motifs is 1. The van der Waals surface area contributed by atoms with E-state index in [9.17, 15) is 4.79 Å². The highest BCUT2D eigenvalue weighted by atomic mass is 35.5. The Kier molecular flexibility index (Phi) is 5.81. The van der Waals surface area contributed by atoms with Crippen molar-refractivity contribution in [3.63, 3.8) is 0 Å². The molecule has 0 bridgehead atoms.